The molecule has 0 atom stereocenters. The van der Waals surface area contributed by atoms with Gasteiger partial charge in [-0.25, -0.2) is 9.78 Å². The summed E-state index contributed by atoms with van der Waals surface area (Å²) in [6.07, 6.45) is 3.58. The van der Waals surface area contributed by atoms with Gasteiger partial charge < -0.3 is 10.2 Å². The summed E-state index contributed by atoms with van der Waals surface area (Å²) in [6.45, 7) is 2.54. The van der Waals surface area contributed by atoms with Crippen molar-refractivity contribution >= 4 is 39.2 Å². The van der Waals surface area contributed by atoms with Crippen LogP contribution in [-0.2, 0) is 0 Å². The largest absolute Gasteiger partial charge is 0.336 e. The standard InChI is InChI=1S/C17H16N6O2S/c24-16(11-1-2-14-15(5-11)26-10-19-14)21-7-13(8-21)23-9-12(6-20-23)22-4-3-18-17(22)25/h1-2,5-6,9-10,13H,3-4,7-8H2,(H,18,25). The lowest BCUT2D eigenvalue weighted by atomic mass is 10.1. The molecule has 0 unspecified atom stereocenters. The number of nitrogens with zero attached hydrogens (tertiary/aromatic N) is 5. The third kappa shape index (κ3) is 2.43. The summed E-state index contributed by atoms with van der Waals surface area (Å²) in [5.74, 6) is 0.0304. The number of fused-ring (bicyclic) bond motifs is 1. The summed E-state index contributed by atoms with van der Waals surface area (Å²) in [4.78, 5) is 32.1. The quantitative estimate of drug-likeness (QED) is 0.763. The van der Waals surface area contributed by atoms with Crippen LogP contribution in [0.2, 0.25) is 0 Å². The predicted molar refractivity (Wildman–Crippen MR) is 97.5 cm³/mol. The number of rotatable bonds is 3. The number of hydrogen-bond acceptors (Lipinski definition) is 5. The Hall–Kier alpha value is -2.94. The second-order valence-electron chi connectivity index (χ2n) is 6.46. The van der Waals surface area contributed by atoms with Crippen molar-refractivity contribution in [2.45, 2.75) is 6.04 Å². The molecule has 0 radical (unpaired) electrons. The maximum atomic E-state index is 12.6. The van der Waals surface area contributed by atoms with Gasteiger partial charge in [-0.2, -0.15) is 5.10 Å². The highest BCUT2D eigenvalue weighted by atomic mass is 32.1. The molecule has 1 aromatic carbocycles. The number of carbonyl (C=O) groups excluding carboxylic acids is 2. The molecule has 9 heteroatoms. The first kappa shape index (κ1) is 15.3. The maximum absolute atomic E-state index is 12.6. The van der Waals surface area contributed by atoms with E-state index in [4.69, 9.17) is 0 Å². The molecule has 4 heterocycles. The summed E-state index contributed by atoms with van der Waals surface area (Å²) in [5, 5.41) is 7.15. The van der Waals surface area contributed by atoms with Crippen molar-refractivity contribution in [1.29, 1.82) is 0 Å². The SMILES string of the molecule is O=C(c1ccc2ncsc2c1)N1CC(n2cc(N3CCNC3=O)cn2)C1. The van der Waals surface area contributed by atoms with Gasteiger partial charge in [-0.3, -0.25) is 14.4 Å². The monoisotopic (exact) mass is 368 g/mol. The highest BCUT2D eigenvalue weighted by molar-refractivity contribution is 7.16. The average Bonchev–Trinajstić information content (AvgIpc) is 3.32. The molecule has 2 saturated heterocycles. The first-order valence-corrected chi connectivity index (χ1v) is 9.29. The van der Waals surface area contributed by atoms with Crippen LogP contribution < -0.4 is 10.2 Å². The number of hydrogen-bond donors (Lipinski definition) is 1. The summed E-state index contributed by atoms with van der Waals surface area (Å²) in [7, 11) is 0. The zero-order valence-corrected chi connectivity index (χ0v) is 14.6. The molecular formula is C17H16N6O2S. The normalized spacial score (nSPS) is 17.6. The van der Waals surface area contributed by atoms with E-state index in [2.05, 4.69) is 15.4 Å². The van der Waals surface area contributed by atoms with Gasteiger partial charge in [0.1, 0.15) is 0 Å². The van der Waals surface area contributed by atoms with E-state index in [1.807, 2.05) is 34.0 Å². The zero-order valence-electron chi connectivity index (χ0n) is 13.8. The van der Waals surface area contributed by atoms with E-state index in [0.717, 1.165) is 15.9 Å². The van der Waals surface area contributed by atoms with E-state index in [1.54, 1.807) is 16.6 Å². The molecule has 3 aromatic rings. The lowest BCUT2D eigenvalue weighted by molar-refractivity contribution is 0.0502. The van der Waals surface area contributed by atoms with Gasteiger partial charge in [0.25, 0.3) is 5.91 Å². The number of thiazole rings is 1. The van der Waals surface area contributed by atoms with Crippen LogP contribution in [0.15, 0.2) is 36.1 Å². The first-order valence-electron chi connectivity index (χ1n) is 8.41. The fourth-order valence-corrected chi connectivity index (χ4v) is 4.06. The molecule has 0 spiro atoms. The van der Waals surface area contributed by atoms with Gasteiger partial charge in [0.05, 0.1) is 33.7 Å². The van der Waals surface area contributed by atoms with E-state index in [0.29, 0.717) is 31.7 Å². The van der Waals surface area contributed by atoms with Crippen molar-refractivity contribution in [3.8, 4) is 0 Å². The zero-order chi connectivity index (χ0) is 17.7. The Labute approximate surface area is 153 Å². The number of amides is 3. The van der Waals surface area contributed by atoms with Crippen LogP contribution in [0, 0.1) is 0 Å². The number of carbonyl (C=O) groups is 2. The number of benzene rings is 1. The number of anilines is 1. The topological polar surface area (TPSA) is 83.4 Å². The van der Waals surface area contributed by atoms with Crippen molar-refractivity contribution in [2.24, 2.45) is 0 Å². The van der Waals surface area contributed by atoms with Crippen LogP contribution in [0.5, 0.6) is 0 Å². The molecular weight excluding hydrogens is 352 g/mol. The Morgan fingerprint density at radius 2 is 2.19 bits per heavy atom. The summed E-state index contributed by atoms with van der Waals surface area (Å²) in [5.41, 5.74) is 4.19. The van der Waals surface area contributed by atoms with E-state index < -0.39 is 0 Å². The Kier molecular flexibility index (Phi) is 3.42. The molecule has 8 nitrogen and oxygen atoms in total. The fraction of sp³-hybridized carbons (Fsp3) is 0.294. The molecule has 26 heavy (non-hydrogen) atoms. The molecule has 0 aliphatic carbocycles. The molecule has 132 valence electrons. The Bertz CT molecular complexity index is 1010. The van der Waals surface area contributed by atoms with Crippen LogP contribution in [0.25, 0.3) is 10.2 Å². The Morgan fingerprint density at radius 1 is 1.31 bits per heavy atom. The van der Waals surface area contributed by atoms with Gasteiger partial charge in [-0.05, 0) is 18.2 Å². The third-order valence-corrected chi connectivity index (χ3v) is 5.65. The number of urea groups is 1. The number of aromatic nitrogens is 3. The Balaban J connectivity index is 1.26. The van der Waals surface area contributed by atoms with Gasteiger partial charge in [0.2, 0.25) is 0 Å². The molecule has 2 aliphatic rings. The van der Waals surface area contributed by atoms with Crippen molar-refractivity contribution < 1.29 is 9.59 Å². The molecule has 2 fully saturated rings. The molecule has 3 amide bonds. The van der Waals surface area contributed by atoms with E-state index in [-0.39, 0.29) is 18.0 Å². The Morgan fingerprint density at radius 3 is 3.00 bits per heavy atom. The molecule has 0 saturated carbocycles. The van der Waals surface area contributed by atoms with Crippen LogP contribution in [0.4, 0.5) is 10.5 Å². The average molecular weight is 368 g/mol. The lowest BCUT2D eigenvalue weighted by Crippen LogP contribution is -2.50. The van der Waals surface area contributed by atoms with Crippen LogP contribution in [0.3, 0.4) is 0 Å². The van der Waals surface area contributed by atoms with Crippen LogP contribution in [0.1, 0.15) is 16.4 Å². The number of nitrogens with one attached hydrogen (secondary N) is 1. The molecule has 5 rings (SSSR count). The van der Waals surface area contributed by atoms with E-state index >= 15 is 0 Å². The van der Waals surface area contributed by atoms with Crippen LogP contribution >= 0.6 is 11.3 Å². The maximum Gasteiger partial charge on any atom is 0.322 e. The second kappa shape index (κ2) is 5.80. The van der Waals surface area contributed by atoms with Crippen LogP contribution in [-0.4, -0.2) is 57.8 Å². The number of likely N-dealkylation sites (tertiary alicyclic amines) is 1. The molecule has 2 aromatic heterocycles. The summed E-state index contributed by atoms with van der Waals surface area (Å²) < 4.78 is 2.87. The summed E-state index contributed by atoms with van der Waals surface area (Å²) in [6, 6.07) is 5.67. The van der Waals surface area contributed by atoms with Gasteiger partial charge in [0.15, 0.2) is 0 Å². The van der Waals surface area contributed by atoms with Gasteiger partial charge in [-0.1, -0.05) is 0 Å². The summed E-state index contributed by atoms with van der Waals surface area (Å²) >= 11 is 1.54. The molecule has 2 aliphatic heterocycles. The predicted octanol–water partition coefficient (Wildman–Crippen LogP) is 1.72. The third-order valence-electron chi connectivity index (χ3n) is 4.86. The minimum absolute atomic E-state index is 0.0304. The van der Waals surface area contributed by atoms with Crippen molar-refractivity contribution in [3.05, 3.63) is 41.7 Å². The first-order chi connectivity index (χ1) is 12.7. The highest BCUT2D eigenvalue weighted by Crippen LogP contribution is 2.27. The van der Waals surface area contributed by atoms with Gasteiger partial charge in [-0.15, -0.1) is 11.3 Å². The second-order valence-corrected chi connectivity index (χ2v) is 7.35. The van der Waals surface area contributed by atoms with E-state index in [1.165, 1.54) is 11.3 Å². The van der Waals surface area contributed by atoms with Crippen molar-refractivity contribution in [1.82, 2.24) is 25.0 Å². The minimum Gasteiger partial charge on any atom is -0.336 e. The lowest BCUT2D eigenvalue weighted by Gasteiger charge is -2.39. The minimum atomic E-state index is -0.0894. The van der Waals surface area contributed by atoms with Gasteiger partial charge >= 0.3 is 6.03 Å². The van der Waals surface area contributed by atoms with Crippen molar-refractivity contribution in [3.63, 3.8) is 0 Å². The van der Waals surface area contributed by atoms with Gasteiger partial charge in [0, 0.05) is 37.9 Å². The van der Waals surface area contributed by atoms with E-state index in [9.17, 15) is 9.59 Å². The van der Waals surface area contributed by atoms with Crippen molar-refractivity contribution in [2.75, 3.05) is 31.1 Å². The highest BCUT2D eigenvalue weighted by Gasteiger charge is 2.34. The molecule has 0 bridgehead atoms. The fourth-order valence-electron chi connectivity index (χ4n) is 3.34. The smallest absolute Gasteiger partial charge is 0.322 e. The molecule has 1 N–H and O–H groups in total.